The maximum atomic E-state index is 11.8. The largest absolute Gasteiger partial charge is 0.314 e. The van der Waals surface area contributed by atoms with Gasteiger partial charge in [0, 0.05) is 18.1 Å². The molecule has 1 aromatic rings. The first-order valence-corrected chi connectivity index (χ1v) is 7.62. The van der Waals surface area contributed by atoms with E-state index in [1.165, 1.54) is 5.56 Å². The van der Waals surface area contributed by atoms with Crippen molar-refractivity contribution in [1.82, 2.24) is 5.32 Å². The van der Waals surface area contributed by atoms with Gasteiger partial charge in [0.25, 0.3) is 0 Å². The van der Waals surface area contributed by atoms with Crippen LogP contribution in [0.1, 0.15) is 39.2 Å². The third-order valence-corrected chi connectivity index (χ3v) is 2.41. The van der Waals surface area contributed by atoms with E-state index in [-0.39, 0.29) is 6.67 Å². The predicted molar refractivity (Wildman–Crippen MR) is 97.2 cm³/mol. The SMILES string of the molecule is C=C.C=CC.CC.CC(CNCCF)c1ccc(Cl)cc1. The topological polar surface area (TPSA) is 12.0 Å². The molecule has 0 heterocycles. The summed E-state index contributed by atoms with van der Waals surface area (Å²) in [6, 6.07) is 7.76. The Bertz CT molecular complexity index is 311. The van der Waals surface area contributed by atoms with E-state index in [9.17, 15) is 4.39 Å². The van der Waals surface area contributed by atoms with Gasteiger partial charge in [0.2, 0.25) is 0 Å². The summed E-state index contributed by atoms with van der Waals surface area (Å²) >= 11 is 5.78. The van der Waals surface area contributed by atoms with E-state index < -0.39 is 0 Å². The number of alkyl halides is 1. The molecule has 1 atom stereocenters. The Kier molecular flexibility index (Phi) is 25.1. The minimum atomic E-state index is -0.312. The zero-order valence-electron chi connectivity index (χ0n) is 14.0. The van der Waals surface area contributed by atoms with E-state index in [0.717, 1.165) is 11.6 Å². The molecule has 0 saturated carbocycles. The van der Waals surface area contributed by atoms with Gasteiger partial charge in [-0.3, -0.25) is 0 Å². The summed E-state index contributed by atoms with van der Waals surface area (Å²) in [6.45, 7) is 18.3. The lowest BCUT2D eigenvalue weighted by Crippen LogP contribution is -2.22. The van der Waals surface area contributed by atoms with Gasteiger partial charge in [-0.1, -0.05) is 50.6 Å². The highest BCUT2D eigenvalue weighted by molar-refractivity contribution is 6.30. The van der Waals surface area contributed by atoms with Crippen molar-refractivity contribution < 1.29 is 4.39 Å². The zero-order valence-corrected chi connectivity index (χ0v) is 14.7. The quantitative estimate of drug-likeness (QED) is 0.517. The van der Waals surface area contributed by atoms with Gasteiger partial charge in [-0.05, 0) is 30.5 Å². The van der Waals surface area contributed by atoms with Crippen LogP contribution >= 0.6 is 11.6 Å². The summed E-state index contributed by atoms with van der Waals surface area (Å²) in [5, 5.41) is 3.79. The average Bonchev–Trinajstić information content (AvgIpc) is 2.53. The number of hydrogen-bond donors (Lipinski definition) is 1. The molecule has 122 valence electrons. The molecule has 0 amide bonds. The highest BCUT2D eigenvalue weighted by Gasteiger charge is 2.03. The van der Waals surface area contributed by atoms with Crippen molar-refractivity contribution in [3.8, 4) is 0 Å². The standard InChI is InChI=1S/C11H15ClFN.C3H6.C2H6.C2H4/c1-9(8-14-7-6-13)10-2-4-11(12)5-3-10;1-3-2;2*1-2/h2-5,9,14H,6-8H2,1H3;3H,1H2,2H3;1-2H3;1-2H2. The van der Waals surface area contributed by atoms with Crippen LogP contribution in [0.4, 0.5) is 4.39 Å². The highest BCUT2D eigenvalue weighted by Crippen LogP contribution is 2.17. The van der Waals surface area contributed by atoms with Crippen LogP contribution in [-0.4, -0.2) is 19.8 Å². The number of hydrogen-bond acceptors (Lipinski definition) is 1. The van der Waals surface area contributed by atoms with Crippen molar-refractivity contribution in [2.75, 3.05) is 19.8 Å². The summed E-state index contributed by atoms with van der Waals surface area (Å²) in [6.07, 6.45) is 1.75. The van der Waals surface area contributed by atoms with E-state index in [0.29, 0.717) is 12.5 Å². The molecule has 0 spiro atoms. The molecule has 3 heteroatoms. The first-order chi connectivity index (χ1) is 10.2. The van der Waals surface area contributed by atoms with Crippen LogP contribution < -0.4 is 5.32 Å². The van der Waals surface area contributed by atoms with E-state index in [1.54, 1.807) is 6.08 Å². The van der Waals surface area contributed by atoms with Crippen molar-refractivity contribution in [2.45, 2.75) is 33.6 Å². The van der Waals surface area contributed by atoms with Crippen LogP contribution in [0.25, 0.3) is 0 Å². The Labute approximate surface area is 135 Å². The van der Waals surface area contributed by atoms with Crippen LogP contribution in [0.15, 0.2) is 50.1 Å². The lowest BCUT2D eigenvalue weighted by Gasteiger charge is -2.12. The molecule has 0 aliphatic rings. The van der Waals surface area contributed by atoms with Gasteiger partial charge in [-0.25, -0.2) is 4.39 Å². The second-order valence-electron chi connectivity index (χ2n) is 3.75. The van der Waals surface area contributed by atoms with Gasteiger partial charge in [0.05, 0.1) is 0 Å². The van der Waals surface area contributed by atoms with Crippen LogP contribution in [-0.2, 0) is 0 Å². The summed E-state index contributed by atoms with van der Waals surface area (Å²) in [4.78, 5) is 0. The Morgan fingerprint density at radius 3 is 2.05 bits per heavy atom. The smallest absolute Gasteiger partial charge is 0.102 e. The average molecular weight is 316 g/mol. The molecule has 0 aromatic heterocycles. The molecular formula is C18H31ClFN. The van der Waals surface area contributed by atoms with Crippen molar-refractivity contribution >= 4 is 11.6 Å². The molecule has 0 radical (unpaired) electrons. The van der Waals surface area contributed by atoms with Gasteiger partial charge in [0.15, 0.2) is 0 Å². The second-order valence-corrected chi connectivity index (χ2v) is 4.19. The van der Waals surface area contributed by atoms with Crippen molar-refractivity contribution in [2.24, 2.45) is 0 Å². The maximum Gasteiger partial charge on any atom is 0.102 e. The van der Waals surface area contributed by atoms with E-state index >= 15 is 0 Å². The van der Waals surface area contributed by atoms with E-state index in [4.69, 9.17) is 11.6 Å². The fraction of sp³-hybridized carbons (Fsp3) is 0.444. The Balaban J connectivity index is -0.000000399. The Morgan fingerprint density at radius 2 is 1.67 bits per heavy atom. The highest BCUT2D eigenvalue weighted by atomic mass is 35.5. The Hall–Kier alpha value is -1.12. The summed E-state index contributed by atoms with van der Waals surface area (Å²) in [5.41, 5.74) is 1.22. The van der Waals surface area contributed by atoms with Gasteiger partial charge < -0.3 is 5.32 Å². The van der Waals surface area contributed by atoms with E-state index in [1.807, 2.05) is 45.0 Å². The summed E-state index contributed by atoms with van der Waals surface area (Å²) < 4.78 is 11.8. The Morgan fingerprint density at radius 1 is 1.24 bits per heavy atom. The molecule has 21 heavy (non-hydrogen) atoms. The van der Waals surface area contributed by atoms with Gasteiger partial charge in [-0.15, -0.1) is 19.7 Å². The number of allylic oxidation sites excluding steroid dienone is 1. The predicted octanol–water partition coefficient (Wildman–Crippen LogP) is 6.02. The fourth-order valence-corrected chi connectivity index (χ4v) is 1.42. The van der Waals surface area contributed by atoms with Crippen molar-refractivity contribution in [3.63, 3.8) is 0 Å². The lowest BCUT2D eigenvalue weighted by molar-refractivity contribution is 0.460. The van der Waals surface area contributed by atoms with Crippen LogP contribution in [0, 0.1) is 0 Å². The minimum absolute atomic E-state index is 0.312. The fourth-order valence-electron chi connectivity index (χ4n) is 1.29. The summed E-state index contributed by atoms with van der Waals surface area (Å²) in [5.74, 6) is 0.388. The first-order valence-electron chi connectivity index (χ1n) is 7.24. The van der Waals surface area contributed by atoms with Gasteiger partial charge in [-0.2, -0.15) is 0 Å². The molecule has 1 aromatic carbocycles. The second kappa shape index (κ2) is 21.2. The molecule has 1 unspecified atom stereocenters. The minimum Gasteiger partial charge on any atom is -0.314 e. The number of benzene rings is 1. The number of rotatable bonds is 5. The van der Waals surface area contributed by atoms with Gasteiger partial charge in [0.1, 0.15) is 6.67 Å². The molecule has 0 aliphatic heterocycles. The lowest BCUT2D eigenvalue weighted by atomic mass is 10.0. The molecular weight excluding hydrogens is 285 g/mol. The van der Waals surface area contributed by atoms with Crippen molar-refractivity contribution in [1.29, 1.82) is 0 Å². The van der Waals surface area contributed by atoms with Crippen LogP contribution in [0.2, 0.25) is 5.02 Å². The molecule has 0 fully saturated rings. The van der Waals surface area contributed by atoms with Crippen LogP contribution in [0.3, 0.4) is 0 Å². The third kappa shape index (κ3) is 16.8. The maximum absolute atomic E-state index is 11.8. The molecule has 1 rings (SSSR count). The van der Waals surface area contributed by atoms with Crippen LogP contribution in [0.5, 0.6) is 0 Å². The molecule has 1 N–H and O–H groups in total. The van der Waals surface area contributed by atoms with E-state index in [2.05, 4.69) is 32.0 Å². The summed E-state index contributed by atoms with van der Waals surface area (Å²) in [7, 11) is 0. The monoisotopic (exact) mass is 315 g/mol. The number of halogens is 2. The molecule has 0 saturated heterocycles. The molecule has 1 nitrogen and oxygen atoms in total. The first kappa shape index (κ1) is 24.9. The molecule has 0 bridgehead atoms. The zero-order chi connectivity index (χ0) is 17.1. The number of nitrogens with one attached hydrogen (secondary N) is 1. The normalized spacial score (nSPS) is 9.62. The van der Waals surface area contributed by atoms with Gasteiger partial charge >= 0.3 is 0 Å². The third-order valence-electron chi connectivity index (χ3n) is 2.16. The molecule has 0 aliphatic carbocycles. The van der Waals surface area contributed by atoms with Crippen molar-refractivity contribution in [3.05, 3.63) is 60.7 Å².